The van der Waals surface area contributed by atoms with Crippen molar-refractivity contribution in [1.82, 2.24) is 5.32 Å². The van der Waals surface area contributed by atoms with E-state index in [1.807, 2.05) is 14.0 Å². The molecule has 1 aliphatic heterocycles. The topological polar surface area (TPSA) is 50.7 Å². The molecule has 0 aromatic carbocycles. The average Bonchev–Trinajstić information content (AvgIpc) is 2.36. The highest BCUT2D eigenvalue weighted by Crippen LogP contribution is 2.13. The lowest BCUT2D eigenvalue weighted by atomic mass is 10.0. The Labute approximate surface area is 98.3 Å². The first-order chi connectivity index (χ1) is 7.70. The summed E-state index contributed by atoms with van der Waals surface area (Å²) in [4.78, 5) is 0. The van der Waals surface area contributed by atoms with Crippen molar-refractivity contribution in [1.29, 1.82) is 0 Å². The van der Waals surface area contributed by atoms with Crippen molar-refractivity contribution >= 4 is 0 Å². The fourth-order valence-electron chi connectivity index (χ4n) is 1.73. The fourth-order valence-corrected chi connectivity index (χ4v) is 1.73. The summed E-state index contributed by atoms with van der Waals surface area (Å²) in [6.45, 7) is 4.35. The molecule has 4 heteroatoms. The molecule has 4 nitrogen and oxygen atoms in total. The van der Waals surface area contributed by atoms with Gasteiger partial charge in [0, 0.05) is 18.8 Å². The Morgan fingerprint density at radius 1 is 1.50 bits per heavy atom. The number of ether oxygens (including phenoxy) is 2. The van der Waals surface area contributed by atoms with E-state index in [2.05, 4.69) is 5.32 Å². The van der Waals surface area contributed by atoms with Crippen molar-refractivity contribution in [3.05, 3.63) is 0 Å². The van der Waals surface area contributed by atoms with Gasteiger partial charge in [-0.25, -0.2) is 0 Å². The van der Waals surface area contributed by atoms with E-state index in [0.29, 0.717) is 13.2 Å². The number of aliphatic hydroxyl groups is 1. The Balaban J connectivity index is 2.06. The van der Waals surface area contributed by atoms with E-state index in [0.717, 1.165) is 19.4 Å². The zero-order valence-electron chi connectivity index (χ0n) is 10.5. The minimum absolute atomic E-state index is 0.132. The van der Waals surface area contributed by atoms with Gasteiger partial charge < -0.3 is 19.9 Å². The molecule has 1 fully saturated rings. The highest BCUT2D eigenvalue weighted by Gasteiger charge is 2.20. The van der Waals surface area contributed by atoms with E-state index < -0.39 is 0 Å². The van der Waals surface area contributed by atoms with Gasteiger partial charge in [0.05, 0.1) is 19.3 Å². The van der Waals surface area contributed by atoms with Gasteiger partial charge in [-0.15, -0.1) is 0 Å². The second-order valence-electron chi connectivity index (χ2n) is 4.78. The van der Waals surface area contributed by atoms with E-state index in [-0.39, 0.29) is 18.2 Å². The van der Waals surface area contributed by atoms with Gasteiger partial charge in [-0.3, -0.25) is 0 Å². The second-order valence-corrected chi connectivity index (χ2v) is 4.78. The SMILES string of the molecule is CNC(C)(CO)CCOCC1CCCCO1. The van der Waals surface area contributed by atoms with Gasteiger partial charge in [0.25, 0.3) is 0 Å². The minimum atomic E-state index is -0.229. The van der Waals surface area contributed by atoms with Crippen LogP contribution < -0.4 is 5.32 Å². The molecule has 0 amide bonds. The van der Waals surface area contributed by atoms with Crippen molar-refractivity contribution in [3.63, 3.8) is 0 Å². The van der Waals surface area contributed by atoms with E-state index in [4.69, 9.17) is 9.47 Å². The lowest BCUT2D eigenvalue weighted by molar-refractivity contribution is -0.0443. The molecule has 0 spiro atoms. The van der Waals surface area contributed by atoms with Crippen LogP contribution in [0.1, 0.15) is 32.6 Å². The number of rotatable bonds is 7. The summed E-state index contributed by atoms with van der Waals surface area (Å²) < 4.78 is 11.2. The average molecular weight is 231 g/mol. The molecule has 0 aromatic rings. The van der Waals surface area contributed by atoms with Gasteiger partial charge in [0.2, 0.25) is 0 Å². The van der Waals surface area contributed by atoms with Crippen LogP contribution in [0.2, 0.25) is 0 Å². The number of aliphatic hydroxyl groups excluding tert-OH is 1. The number of hydrogen-bond donors (Lipinski definition) is 2. The van der Waals surface area contributed by atoms with Gasteiger partial charge in [-0.05, 0) is 39.7 Å². The van der Waals surface area contributed by atoms with E-state index in [1.54, 1.807) is 0 Å². The molecule has 96 valence electrons. The molecule has 1 aliphatic rings. The molecular weight excluding hydrogens is 206 g/mol. The van der Waals surface area contributed by atoms with Gasteiger partial charge in [-0.1, -0.05) is 0 Å². The number of likely N-dealkylation sites (N-methyl/N-ethyl adjacent to an activating group) is 1. The Morgan fingerprint density at radius 2 is 2.31 bits per heavy atom. The van der Waals surface area contributed by atoms with Crippen LogP contribution in [0.4, 0.5) is 0 Å². The van der Waals surface area contributed by atoms with Gasteiger partial charge in [0.1, 0.15) is 0 Å². The highest BCUT2D eigenvalue weighted by molar-refractivity contribution is 4.80. The predicted molar refractivity (Wildman–Crippen MR) is 63.6 cm³/mol. The summed E-state index contributed by atoms with van der Waals surface area (Å²) >= 11 is 0. The molecule has 2 N–H and O–H groups in total. The summed E-state index contributed by atoms with van der Waals surface area (Å²) in [5, 5.41) is 12.3. The Hall–Kier alpha value is -0.160. The third-order valence-electron chi connectivity index (χ3n) is 3.33. The van der Waals surface area contributed by atoms with Crippen molar-refractivity contribution < 1.29 is 14.6 Å². The van der Waals surface area contributed by atoms with Crippen LogP contribution in [-0.4, -0.2) is 50.2 Å². The van der Waals surface area contributed by atoms with Crippen LogP contribution in [0.25, 0.3) is 0 Å². The predicted octanol–water partition coefficient (Wildman–Crippen LogP) is 0.933. The van der Waals surface area contributed by atoms with Crippen LogP contribution in [0.15, 0.2) is 0 Å². The Morgan fingerprint density at radius 3 is 2.88 bits per heavy atom. The van der Waals surface area contributed by atoms with Crippen LogP contribution in [0, 0.1) is 0 Å². The normalized spacial score (nSPS) is 25.3. The summed E-state index contributed by atoms with van der Waals surface area (Å²) in [5.74, 6) is 0. The summed E-state index contributed by atoms with van der Waals surface area (Å²) in [7, 11) is 1.86. The van der Waals surface area contributed by atoms with Gasteiger partial charge in [0.15, 0.2) is 0 Å². The number of nitrogens with one attached hydrogen (secondary N) is 1. The molecule has 16 heavy (non-hydrogen) atoms. The van der Waals surface area contributed by atoms with Crippen molar-refractivity contribution in [3.8, 4) is 0 Å². The molecule has 2 unspecified atom stereocenters. The van der Waals surface area contributed by atoms with Crippen LogP contribution >= 0.6 is 0 Å². The van der Waals surface area contributed by atoms with Crippen LogP contribution in [0.3, 0.4) is 0 Å². The second kappa shape index (κ2) is 7.22. The molecule has 2 atom stereocenters. The minimum Gasteiger partial charge on any atom is -0.394 e. The first kappa shape index (κ1) is 13.9. The van der Waals surface area contributed by atoms with Crippen molar-refractivity contribution in [2.75, 3.05) is 33.5 Å². The van der Waals surface area contributed by atoms with Crippen LogP contribution in [0.5, 0.6) is 0 Å². The Kier molecular flexibility index (Phi) is 6.28. The third-order valence-corrected chi connectivity index (χ3v) is 3.33. The first-order valence-electron chi connectivity index (χ1n) is 6.19. The van der Waals surface area contributed by atoms with Gasteiger partial charge in [-0.2, -0.15) is 0 Å². The maximum Gasteiger partial charge on any atom is 0.0808 e. The van der Waals surface area contributed by atoms with Crippen molar-refractivity contribution in [2.45, 2.75) is 44.2 Å². The first-order valence-corrected chi connectivity index (χ1v) is 6.19. The maximum atomic E-state index is 9.19. The monoisotopic (exact) mass is 231 g/mol. The largest absolute Gasteiger partial charge is 0.394 e. The number of hydrogen-bond acceptors (Lipinski definition) is 4. The summed E-state index contributed by atoms with van der Waals surface area (Å²) in [6.07, 6.45) is 4.64. The molecular formula is C12H25NO3. The Bertz CT molecular complexity index is 177. The van der Waals surface area contributed by atoms with Crippen LogP contribution in [-0.2, 0) is 9.47 Å². The summed E-state index contributed by atoms with van der Waals surface area (Å²) in [6, 6.07) is 0. The maximum absolute atomic E-state index is 9.19. The van der Waals surface area contributed by atoms with E-state index >= 15 is 0 Å². The molecule has 0 aromatic heterocycles. The zero-order valence-corrected chi connectivity index (χ0v) is 10.5. The molecule has 0 aliphatic carbocycles. The lowest BCUT2D eigenvalue weighted by Gasteiger charge is -2.27. The lowest BCUT2D eigenvalue weighted by Crippen LogP contribution is -2.44. The molecule has 0 radical (unpaired) electrons. The quantitative estimate of drug-likeness (QED) is 0.640. The van der Waals surface area contributed by atoms with E-state index in [1.165, 1.54) is 12.8 Å². The van der Waals surface area contributed by atoms with Crippen molar-refractivity contribution in [2.24, 2.45) is 0 Å². The molecule has 0 bridgehead atoms. The molecule has 1 rings (SSSR count). The zero-order chi connectivity index (χ0) is 11.9. The van der Waals surface area contributed by atoms with E-state index in [9.17, 15) is 5.11 Å². The van der Waals surface area contributed by atoms with Gasteiger partial charge >= 0.3 is 0 Å². The molecule has 1 saturated heterocycles. The molecule has 1 heterocycles. The fraction of sp³-hybridized carbons (Fsp3) is 1.00. The standard InChI is InChI=1S/C12H25NO3/c1-12(10-14,13-2)6-8-15-9-11-5-3-4-7-16-11/h11,13-14H,3-10H2,1-2H3. The molecule has 0 saturated carbocycles. The smallest absolute Gasteiger partial charge is 0.0808 e. The highest BCUT2D eigenvalue weighted by atomic mass is 16.5. The summed E-state index contributed by atoms with van der Waals surface area (Å²) in [5.41, 5.74) is -0.229. The third kappa shape index (κ3) is 4.78.